The summed E-state index contributed by atoms with van der Waals surface area (Å²) in [6, 6.07) is 3.57. The molecule has 0 spiro atoms. The molecule has 0 N–H and O–H groups in total. The fraction of sp³-hybridized carbons (Fsp3) is 0.400. The molecular formula is C10H10ClNO2. The van der Waals surface area contributed by atoms with Crippen LogP contribution < -0.4 is 0 Å². The lowest BCUT2D eigenvalue weighted by Gasteiger charge is -2.21. The molecule has 3 nitrogen and oxygen atoms in total. The SMILES string of the molecule is O=C1CCOC(c2ccnc(Cl)c2)C1. The van der Waals surface area contributed by atoms with Crippen LogP contribution in [0.2, 0.25) is 5.15 Å². The average molecular weight is 212 g/mol. The van der Waals surface area contributed by atoms with Gasteiger partial charge in [-0.15, -0.1) is 0 Å². The van der Waals surface area contributed by atoms with Crippen molar-refractivity contribution in [1.82, 2.24) is 4.98 Å². The molecule has 1 aliphatic rings. The van der Waals surface area contributed by atoms with E-state index in [9.17, 15) is 4.79 Å². The van der Waals surface area contributed by atoms with Gasteiger partial charge in [-0.3, -0.25) is 4.79 Å². The van der Waals surface area contributed by atoms with Gasteiger partial charge in [0.25, 0.3) is 0 Å². The highest BCUT2D eigenvalue weighted by Gasteiger charge is 2.21. The number of hydrogen-bond acceptors (Lipinski definition) is 3. The minimum atomic E-state index is -0.142. The fourth-order valence-electron chi connectivity index (χ4n) is 1.51. The molecule has 1 aromatic rings. The van der Waals surface area contributed by atoms with Crippen molar-refractivity contribution in [2.24, 2.45) is 0 Å². The first-order chi connectivity index (χ1) is 6.75. The zero-order valence-corrected chi connectivity index (χ0v) is 8.33. The third-order valence-electron chi connectivity index (χ3n) is 2.24. The van der Waals surface area contributed by atoms with Crippen LogP contribution in [0, 0.1) is 0 Å². The van der Waals surface area contributed by atoms with Crippen LogP contribution in [0.5, 0.6) is 0 Å². The minimum absolute atomic E-state index is 0.142. The molecule has 0 bridgehead atoms. The topological polar surface area (TPSA) is 39.2 Å². The van der Waals surface area contributed by atoms with E-state index in [-0.39, 0.29) is 11.9 Å². The van der Waals surface area contributed by atoms with Gasteiger partial charge in [-0.05, 0) is 17.7 Å². The number of Topliss-reactive ketones (excluding diaryl/α,β-unsaturated/α-hetero) is 1. The number of carbonyl (C=O) groups is 1. The highest BCUT2D eigenvalue weighted by atomic mass is 35.5. The van der Waals surface area contributed by atoms with E-state index in [2.05, 4.69) is 4.98 Å². The molecule has 0 aromatic carbocycles. The molecule has 14 heavy (non-hydrogen) atoms. The maximum absolute atomic E-state index is 11.2. The van der Waals surface area contributed by atoms with Gasteiger partial charge in [-0.2, -0.15) is 0 Å². The number of rotatable bonds is 1. The van der Waals surface area contributed by atoms with Crippen molar-refractivity contribution >= 4 is 17.4 Å². The van der Waals surface area contributed by atoms with Crippen LogP contribution in [-0.4, -0.2) is 17.4 Å². The summed E-state index contributed by atoms with van der Waals surface area (Å²) in [5.74, 6) is 0.245. The molecule has 1 saturated heterocycles. The quantitative estimate of drug-likeness (QED) is 0.669. The molecule has 2 heterocycles. The molecule has 1 unspecified atom stereocenters. The number of hydrogen-bond donors (Lipinski definition) is 0. The molecule has 1 aliphatic heterocycles. The van der Waals surface area contributed by atoms with E-state index < -0.39 is 0 Å². The maximum atomic E-state index is 11.2. The Bertz CT molecular complexity index is 354. The molecule has 2 rings (SSSR count). The van der Waals surface area contributed by atoms with E-state index in [1.165, 1.54) is 0 Å². The van der Waals surface area contributed by atoms with Crippen LogP contribution in [0.15, 0.2) is 18.3 Å². The van der Waals surface area contributed by atoms with Crippen molar-refractivity contribution in [3.8, 4) is 0 Å². The predicted molar refractivity (Wildman–Crippen MR) is 52.2 cm³/mol. The second-order valence-electron chi connectivity index (χ2n) is 3.26. The summed E-state index contributed by atoms with van der Waals surface area (Å²) in [6.45, 7) is 0.503. The molecule has 1 fully saturated rings. The summed E-state index contributed by atoms with van der Waals surface area (Å²) in [5.41, 5.74) is 0.929. The second kappa shape index (κ2) is 4.07. The van der Waals surface area contributed by atoms with Crippen molar-refractivity contribution in [3.05, 3.63) is 29.0 Å². The van der Waals surface area contributed by atoms with E-state index in [1.54, 1.807) is 12.3 Å². The summed E-state index contributed by atoms with van der Waals surface area (Å²) in [5, 5.41) is 0.434. The Balaban J connectivity index is 2.17. The molecule has 74 valence electrons. The predicted octanol–water partition coefficient (Wildman–Crippen LogP) is 2.16. The molecule has 0 saturated carbocycles. The molecule has 0 amide bonds. The molecule has 1 atom stereocenters. The second-order valence-corrected chi connectivity index (χ2v) is 3.65. The largest absolute Gasteiger partial charge is 0.373 e. The van der Waals surface area contributed by atoms with Crippen LogP contribution >= 0.6 is 11.6 Å². The fourth-order valence-corrected chi connectivity index (χ4v) is 1.70. The summed E-state index contributed by atoms with van der Waals surface area (Å²) in [4.78, 5) is 15.1. The van der Waals surface area contributed by atoms with Gasteiger partial charge < -0.3 is 4.74 Å². The molecule has 0 radical (unpaired) electrons. The van der Waals surface area contributed by atoms with Gasteiger partial charge in [0.05, 0.1) is 12.7 Å². The minimum Gasteiger partial charge on any atom is -0.373 e. The van der Waals surface area contributed by atoms with Crippen LogP contribution in [0.1, 0.15) is 24.5 Å². The van der Waals surface area contributed by atoms with Gasteiger partial charge >= 0.3 is 0 Å². The van der Waals surface area contributed by atoms with E-state index in [0.717, 1.165) is 5.56 Å². The van der Waals surface area contributed by atoms with Gasteiger partial charge in [0, 0.05) is 19.0 Å². The van der Waals surface area contributed by atoms with Crippen molar-refractivity contribution in [1.29, 1.82) is 0 Å². The lowest BCUT2D eigenvalue weighted by molar-refractivity contribution is -0.128. The Morgan fingerprint density at radius 2 is 2.43 bits per heavy atom. The van der Waals surface area contributed by atoms with E-state index in [0.29, 0.717) is 24.6 Å². The van der Waals surface area contributed by atoms with Gasteiger partial charge in [-0.1, -0.05) is 11.6 Å². The third-order valence-corrected chi connectivity index (χ3v) is 2.44. The number of halogens is 1. The Morgan fingerprint density at radius 3 is 3.14 bits per heavy atom. The van der Waals surface area contributed by atoms with Gasteiger partial charge in [0.15, 0.2) is 0 Å². The van der Waals surface area contributed by atoms with Crippen molar-refractivity contribution in [3.63, 3.8) is 0 Å². The van der Waals surface area contributed by atoms with E-state index in [1.807, 2.05) is 6.07 Å². The first-order valence-corrected chi connectivity index (χ1v) is 4.88. The normalized spacial score (nSPS) is 22.4. The summed E-state index contributed by atoms with van der Waals surface area (Å²) in [6.07, 6.45) is 2.45. The molecule has 0 aliphatic carbocycles. The van der Waals surface area contributed by atoms with Gasteiger partial charge in [-0.25, -0.2) is 4.98 Å². The highest BCUT2D eigenvalue weighted by Crippen LogP contribution is 2.26. The Labute approximate surface area is 87.0 Å². The van der Waals surface area contributed by atoms with Gasteiger partial charge in [0.1, 0.15) is 10.9 Å². The van der Waals surface area contributed by atoms with Crippen molar-refractivity contribution in [2.45, 2.75) is 18.9 Å². The first-order valence-electron chi connectivity index (χ1n) is 4.50. The standard InChI is InChI=1S/C10H10ClNO2/c11-10-5-7(1-3-12-10)9-6-8(13)2-4-14-9/h1,3,5,9H,2,4,6H2. The maximum Gasteiger partial charge on any atom is 0.138 e. The zero-order chi connectivity index (χ0) is 9.97. The van der Waals surface area contributed by atoms with Crippen LogP contribution in [0.25, 0.3) is 0 Å². The lowest BCUT2D eigenvalue weighted by atomic mass is 10.0. The van der Waals surface area contributed by atoms with Crippen LogP contribution in [0.3, 0.4) is 0 Å². The van der Waals surface area contributed by atoms with Crippen molar-refractivity contribution in [2.75, 3.05) is 6.61 Å². The average Bonchev–Trinajstić information content (AvgIpc) is 2.18. The smallest absolute Gasteiger partial charge is 0.138 e. The molecule has 1 aromatic heterocycles. The number of pyridine rings is 1. The van der Waals surface area contributed by atoms with E-state index >= 15 is 0 Å². The third kappa shape index (κ3) is 2.11. The summed E-state index contributed by atoms with van der Waals surface area (Å²) in [7, 11) is 0. The number of carbonyl (C=O) groups excluding carboxylic acids is 1. The summed E-state index contributed by atoms with van der Waals surface area (Å²) < 4.78 is 5.48. The Hall–Kier alpha value is -0.930. The summed E-state index contributed by atoms with van der Waals surface area (Å²) >= 11 is 5.75. The van der Waals surface area contributed by atoms with Gasteiger partial charge in [0.2, 0.25) is 0 Å². The van der Waals surface area contributed by atoms with E-state index in [4.69, 9.17) is 16.3 Å². The highest BCUT2D eigenvalue weighted by molar-refractivity contribution is 6.29. The number of ketones is 1. The van der Waals surface area contributed by atoms with Crippen molar-refractivity contribution < 1.29 is 9.53 Å². The zero-order valence-electron chi connectivity index (χ0n) is 7.57. The number of ether oxygens (including phenoxy) is 1. The number of aromatic nitrogens is 1. The Morgan fingerprint density at radius 1 is 1.57 bits per heavy atom. The number of nitrogens with zero attached hydrogens (tertiary/aromatic N) is 1. The first kappa shape index (κ1) is 9.62. The Kier molecular flexibility index (Phi) is 2.79. The lowest BCUT2D eigenvalue weighted by Crippen LogP contribution is -2.19. The monoisotopic (exact) mass is 211 g/mol. The molecule has 4 heteroatoms. The molecular weight excluding hydrogens is 202 g/mol. The van der Waals surface area contributed by atoms with Crippen LogP contribution in [0.4, 0.5) is 0 Å². The van der Waals surface area contributed by atoms with Crippen LogP contribution in [-0.2, 0) is 9.53 Å².